The Bertz CT molecular complexity index is 1070. The first kappa shape index (κ1) is 15.0. The lowest BCUT2D eigenvalue weighted by Crippen LogP contribution is -2.27. The van der Waals surface area contributed by atoms with Gasteiger partial charge < -0.3 is 15.7 Å². The zero-order valence-electron chi connectivity index (χ0n) is 13.5. The van der Waals surface area contributed by atoms with E-state index < -0.39 is 0 Å². The third kappa shape index (κ3) is 3.10. The van der Waals surface area contributed by atoms with Gasteiger partial charge in [-0.05, 0) is 17.7 Å². The Labute approximate surface area is 144 Å². The van der Waals surface area contributed by atoms with Crippen molar-refractivity contribution >= 4 is 34.0 Å². The van der Waals surface area contributed by atoms with Crippen LogP contribution in [0.4, 0.5) is 0 Å². The fourth-order valence-electron chi connectivity index (χ4n) is 2.84. The zero-order valence-corrected chi connectivity index (χ0v) is 13.5. The lowest BCUT2D eigenvalue weighted by atomic mass is 10.2. The Morgan fingerprint density at radius 3 is 2.48 bits per heavy atom. The van der Waals surface area contributed by atoms with Crippen molar-refractivity contribution in [3.05, 3.63) is 72.1 Å². The molecule has 5 N–H and O–H groups in total. The quantitative estimate of drug-likeness (QED) is 0.263. The molecule has 0 amide bonds. The van der Waals surface area contributed by atoms with E-state index in [4.69, 9.17) is 5.73 Å². The highest BCUT2D eigenvalue weighted by molar-refractivity contribution is 5.99. The third-order valence-electron chi connectivity index (χ3n) is 4.10. The molecule has 0 radical (unpaired) electrons. The first-order valence-corrected chi connectivity index (χ1v) is 8.01. The van der Waals surface area contributed by atoms with Gasteiger partial charge in [0.15, 0.2) is 0 Å². The van der Waals surface area contributed by atoms with E-state index in [0.717, 1.165) is 32.9 Å². The summed E-state index contributed by atoms with van der Waals surface area (Å²) in [6.07, 6.45) is 5.60. The van der Waals surface area contributed by atoms with Crippen LogP contribution in [0.25, 0.3) is 21.8 Å². The summed E-state index contributed by atoms with van der Waals surface area (Å²) in [5.41, 5.74) is 12.9. The molecule has 6 nitrogen and oxygen atoms in total. The number of aliphatic imine (C=N–C) groups is 1. The van der Waals surface area contributed by atoms with E-state index >= 15 is 0 Å². The molecule has 0 saturated carbocycles. The molecule has 0 fully saturated rings. The first-order chi connectivity index (χ1) is 12.3. The molecule has 2 aromatic heterocycles. The van der Waals surface area contributed by atoms with Gasteiger partial charge in [0.05, 0.1) is 12.8 Å². The maximum atomic E-state index is 5.89. The Morgan fingerprint density at radius 2 is 1.64 bits per heavy atom. The number of hydrazone groups is 1. The maximum Gasteiger partial charge on any atom is 0.209 e. The normalized spacial score (nSPS) is 12.4. The lowest BCUT2D eigenvalue weighted by molar-refractivity contribution is 0.966. The molecular formula is C19H18N6. The number of guanidine groups is 1. The number of benzene rings is 2. The molecule has 2 aromatic carbocycles. The van der Waals surface area contributed by atoms with E-state index in [1.54, 1.807) is 6.21 Å². The molecule has 25 heavy (non-hydrogen) atoms. The van der Waals surface area contributed by atoms with Gasteiger partial charge in [-0.1, -0.05) is 36.4 Å². The van der Waals surface area contributed by atoms with E-state index in [2.05, 4.69) is 31.6 Å². The molecule has 124 valence electrons. The molecule has 4 aromatic rings. The molecular weight excluding hydrogens is 312 g/mol. The summed E-state index contributed by atoms with van der Waals surface area (Å²) in [7, 11) is 0. The minimum atomic E-state index is 0.279. The van der Waals surface area contributed by atoms with E-state index in [0.29, 0.717) is 6.54 Å². The van der Waals surface area contributed by atoms with Gasteiger partial charge in [0.1, 0.15) is 0 Å². The summed E-state index contributed by atoms with van der Waals surface area (Å²) in [6, 6.07) is 16.2. The standard InChI is InChI=1S/C19H18N6/c20-19(23-11-13-9-21-17-7-3-1-5-15(13)17)25-24-12-14-10-22-18-8-4-2-6-16(14)18/h1-10,12,21-22H,11H2,(H3,20,23,25)/b24-12+. The van der Waals surface area contributed by atoms with Crippen molar-refractivity contribution in [1.29, 1.82) is 0 Å². The molecule has 0 unspecified atom stereocenters. The minimum absolute atomic E-state index is 0.279. The summed E-state index contributed by atoms with van der Waals surface area (Å²) in [5.74, 6) is 0.279. The third-order valence-corrected chi connectivity index (χ3v) is 4.10. The van der Waals surface area contributed by atoms with Gasteiger partial charge >= 0.3 is 0 Å². The Balaban J connectivity index is 1.43. The van der Waals surface area contributed by atoms with Crippen molar-refractivity contribution in [2.24, 2.45) is 15.8 Å². The van der Waals surface area contributed by atoms with Crippen molar-refractivity contribution in [3.63, 3.8) is 0 Å². The van der Waals surface area contributed by atoms with Gasteiger partial charge in [0.25, 0.3) is 0 Å². The number of para-hydroxylation sites is 2. The molecule has 0 spiro atoms. The topological polar surface area (TPSA) is 94.3 Å². The van der Waals surface area contributed by atoms with Crippen LogP contribution in [0.15, 0.2) is 71.0 Å². The van der Waals surface area contributed by atoms with Crippen LogP contribution in [0.2, 0.25) is 0 Å². The number of nitrogens with zero attached hydrogens (tertiary/aromatic N) is 2. The number of aromatic nitrogens is 2. The summed E-state index contributed by atoms with van der Waals surface area (Å²) in [5, 5.41) is 6.43. The molecule has 0 aliphatic carbocycles. The number of rotatable bonds is 4. The van der Waals surface area contributed by atoms with Gasteiger partial charge in [0, 0.05) is 39.8 Å². The SMILES string of the molecule is NC(=NCc1c[nH]c2ccccc12)N/N=C/c1c[nH]c2ccccc12. The average molecular weight is 330 g/mol. The molecule has 2 heterocycles. The van der Waals surface area contributed by atoms with Crippen molar-refractivity contribution < 1.29 is 0 Å². The summed E-state index contributed by atoms with van der Waals surface area (Å²) in [6.45, 7) is 0.492. The predicted octanol–water partition coefficient (Wildman–Crippen LogP) is 3.09. The van der Waals surface area contributed by atoms with Crippen LogP contribution in [0, 0.1) is 0 Å². The largest absolute Gasteiger partial charge is 0.369 e. The van der Waals surface area contributed by atoms with Crippen molar-refractivity contribution in [2.75, 3.05) is 0 Å². The zero-order chi connectivity index (χ0) is 17.1. The second kappa shape index (κ2) is 6.52. The highest BCUT2D eigenvalue weighted by Gasteiger charge is 2.02. The number of aromatic amines is 2. The van der Waals surface area contributed by atoms with Gasteiger partial charge in [-0.2, -0.15) is 5.10 Å². The van der Waals surface area contributed by atoms with E-state index in [-0.39, 0.29) is 5.96 Å². The average Bonchev–Trinajstić information content (AvgIpc) is 3.24. The molecule has 6 heteroatoms. The van der Waals surface area contributed by atoms with Gasteiger partial charge in [-0.3, -0.25) is 0 Å². The van der Waals surface area contributed by atoms with Crippen molar-refractivity contribution in [1.82, 2.24) is 15.4 Å². The number of hydrogen-bond donors (Lipinski definition) is 4. The highest BCUT2D eigenvalue weighted by atomic mass is 15.3. The van der Waals surface area contributed by atoms with Gasteiger partial charge in [0.2, 0.25) is 5.96 Å². The van der Waals surface area contributed by atoms with E-state index in [1.807, 2.05) is 54.9 Å². The fraction of sp³-hybridized carbons (Fsp3) is 0.0526. The number of nitrogens with one attached hydrogen (secondary N) is 3. The molecule has 0 atom stereocenters. The van der Waals surface area contributed by atoms with Crippen LogP contribution in [-0.2, 0) is 6.54 Å². The Hall–Kier alpha value is -3.54. The number of fused-ring (bicyclic) bond motifs is 2. The Morgan fingerprint density at radius 1 is 0.960 bits per heavy atom. The highest BCUT2D eigenvalue weighted by Crippen LogP contribution is 2.18. The number of H-pyrrole nitrogens is 2. The minimum Gasteiger partial charge on any atom is -0.369 e. The molecule has 0 aliphatic rings. The van der Waals surface area contributed by atoms with Crippen LogP contribution in [0.5, 0.6) is 0 Å². The van der Waals surface area contributed by atoms with Crippen molar-refractivity contribution in [3.8, 4) is 0 Å². The number of nitrogens with two attached hydrogens (primary N) is 1. The smallest absolute Gasteiger partial charge is 0.209 e. The monoisotopic (exact) mass is 330 g/mol. The van der Waals surface area contributed by atoms with Crippen LogP contribution < -0.4 is 11.2 Å². The van der Waals surface area contributed by atoms with Crippen LogP contribution >= 0.6 is 0 Å². The second-order valence-electron chi connectivity index (χ2n) is 5.72. The maximum absolute atomic E-state index is 5.89. The summed E-state index contributed by atoms with van der Waals surface area (Å²) in [4.78, 5) is 10.8. The molecule has 0 saturated heterocycles. The van der Waals surface area contributed by atoms with Crippen LogP contribution in [0.1, 0.15) is 11.1 Å². The summed E-state index contributed by atoms with van der Waals surface area (Å²) < 4.78 is 0. The van der Waals surface area contributed by atoms with Gasteiger partial charge in [-0.15, -0.1) is 0 Å². The Kier molecular flexibility index (Phi) is 3.92. The second-order valence-corrected chi connectivity index (χ2v) is 5.72. The molecule has 0 aliphatic heterocycles. The summed E-state index contributed by atoms with van der Waals surface area (Å²) >= 11 is 0. The van der Waals surface area contributed by atoms with Crippen LogP contribution in [-0.4, -0.2) is 22.1 Å². The molecule has 4 rings (SSSR count). The van der Waals surface area contributed by atoms with E-state index in [9.17, 15) is 0 Å². The molecule has 0 bridgehead atoms. The number of hydrogen-bond acceptors (Lipinski definition) is 2. The van der Waals surface area contributed by atoms with Crippen molar-refractivity contribution in [2.45, 2.75) is 6.54 Å². The fourth-order valence-corrected chi connectivity index (χ4v) is 2.84. The van der Waals surface area contributed by atoms with Gasteiger partial charge in [-0.25, -0.2) is 10.4 Å². The predicted molar refractivity (Wildman–Crippen MR) is 103 cm³/mol. The van der Waals surface area contributed by atoms with E-state index in [1.165, 1.54) is 0 Å². The first-order valence-electron chi connectivity index (χ1n) is 8.01. The lowest BCUT2D eigenvalue weighted by Gasteiger charge is -1.99. The van der Waals surface area contributed by atoms with Crippen LogP contribution in [0.3, 0.4) is 0 Å².